The zero-order valence-corrected chi connectivity index (χ0v) is 17.3. The number of hydrogen-bond acceptors (Lipinski definition) is 4. The van der Waals surface area contributed by atoms with Crippen LogP contribution in [0, 0.1) is 0 Å². The molecule has 10 heteroatoms. The molecule has 0 aliphatic heterocycles. The Labute approximate surface area is 178 Å². The molecule has 3 N–H and O–H groups in total. The first-order valence-corrected chi connectivity index (χ1v) is 11.3. The van der Waals surface area contributed by atoms with Gasteiger partial charge in [-0.3, -0.25) is 0 Å². The molecule has 1 fully saturated rings. The fraction of sp³-hybridized carbons (Fsp3) is 0.381. The van der Waals surface area contributed by atoms with Crippen LogP contribution in [0.2, 0.25) is 0 Å². The zero-order chi connectivity index (χ0) is 22.7. The van der Waals surface area contributed by atoms with Crippen molar-refractivity contribution in [3.63, 3.8) is 0 Å². The van der Waals surface area contributed by atoms with Gasteiger partial charge in [-0.1, -0.05) is 49.2 Å². The lowest BCUT2D eigenvalue weighted by molar-refractivity contribution is -0.263. The van der Waals surface area contributed by atoms with Crippen molar-refractivity contribution in [3.8, 4) is 0 Å². The standard InChI is InChI=1S/C21H23F3N2O4S/c22-21(23,24)20(28,15-7-2-1-3-8-15)14-25-19(27)26-16-9-6-12-18(13-16)31(29,30)17-10-4-5-11-17/h1-3,6-9,12-13,17,28H,4-5,10-11,14H2,(H2,25,26,27)/t20-/m0/s1. The second-order valence-electron chi connectivity index (χ2n) is 7.51. The van der Waals surface area contributed by atoms with Crippen LogP contribution in [0.3, 0.4) is 0 Å². The van der Waals surface area contributed by atoms with Crippen molar-refractivity contribution >= 4 is 21.6 Å². The third-order valence-corrected chi connectivity index (χ3v) is 7.65. The molecular weight excluding hydrogens is 433 g/mol. The molecule has 0 bridgehead atoms. The average molecular weight is 456 g/mol. The van der Waals surface area contributed by atoms with Gasteiger partial charge in [0.1, 0.15) is 0 Å². The van der Waals surface area contributed by atoms with Crippen molar-refractivity contribution in [2.75, 3.05) is 11.9 Å². The maximum absolute atomic E-state index is 13.5. The number of carbonyl (C=O) groups excluding carboxylic acids is 1. The number of sulfone groups is 1. The van der Waals surface area contributed by atoms with Crippen LogP contribution in [0.4, 0.5) is 23.7 Å². The maximum Gasteiger partial charge on any atom is 0.423 e. The Hall–Kier alpha value is -2.59. The van der Waals surface area contributed by atoms with Gasteiger partial charge in [0, 0.05) is 5.69 Å². The minimum absolute atomic E-state index is 0.0493. The Balaban J connectivity index is 1.71. The molecule has 0 radical (unpaired) electrons. The van der Waals surface area contributed by atoms with E-state index in [2.05, 4.69) is 5.32 Å². The number of alkyl halides is 3. The number of benzene rings is 2. The van der Waals surface area contributed by atoms with E-state index in [0.717, 1.165) is 25.0 Å². The van der Waals surface area contributed by atoms with E-state index in [1.807, 2.05) is 5.32 Å². The Kier molecular flexibility index (Phi) is 6.61. The number of urea groups is 1. The molecule has 2 amide bonds. The van der Waals surface area contributed by atoms with Crippen molar-refractivity contribution in [3.05, 3.63) is 60.2 Å². The smallest absolute Gasteiger partial charge is 0.375 e. The van der Waals surface area contributed by atoms with E-state index in [9.17, 15) is 31.5 Å². The first-order valence-electron chi connectivity index (χ1n) is 9.77. The lowest BCUT2D eigenvalue weighted by atomic mass is 9.93. The average Bonchev–Trinajstić information content (AvgIpc) is 3.28. The van der Waals surface area contributed by atoms with Crippen LogP contribution < -0.4 is 10.6 Å². The number of amides is 2. The second-order valence-corrected chi connectivity index (χ2v) is 9.74. The molecule has 1 atom stereocenters. The molecule has 168 valence electrons. The topological polar surface area (TPSA) is 95.5 Å². The molecule has 1 aliphatic carbocycles. The Morgan fingerprint density at radius 2 is 1.68 bits per heavy atom. The SMILES string of the molecule is O=C(NC[C@](O)(c1ccccc1)C(F)(F)F)Nc1cccc(S(=O)(=O)C2CCCC2)c1. The molecule has 31 heavy (non-hydrogen) atoms. The number of rotatable bonds is 6. The Bertz CT molecular complexity index is 1020. The fourth-order valence-corrected chi connectivity index (χ4v) is 5.50. The van der Waals surface area contributed by atoms with Crippen LogP contribution in [-0.2, 0) is 15.4 Å². The maximum atomic E-state index is 13.5. The first-order chi connectivity index (χ1) is 14.5. The van der Waals surface area contributed by atoms with Crippen LogP contribution in [0.25, 0.3) is 0 Å². The van der Waals surface area contributed by atoms with E-state index in [1.54, 1.807) is 0 Å². The van der Waals surface area contributed by atoms with Gasteiger partial charge in [-0.25, -0.2) is 13.2 Å². The van der Waals surface area contributed by atoms with Crippen LogP contribution in [0.1, 0.15) is 31.2 Å². The molecule has 2 aromatic rings. The van der Waals surface area contributed by atoms with Crippen LogP contribution in [0.15, 0.2) is 59.5 Å². The van der Waals surface area contributed by atoms with E-state index >= 15 is 0 Å². The quantitative estimate of drug-likeness (QED) is 0.613. The summed E-state index contributed by atoms with van der Waals surface area (Å²) in [5, 5.41) is 14.1. The van der Waals surface area contributed by atoms with Gasteiger partial charge in [-0.2, -0.15) is 13.2 Å². The largest absolute Gasteiger partial charge is 0.423 e. The molecule has 0 heterocycles. The monoisotopic (exact) mass is 456 g/mol. The van der Waals surface area contributed by atoms with Crippen molar-refractivity contribution in [1.29, 1.82) is 0 Å². The van der Waals surface area contributed by atoms with E-state index in [1.165, 1.54) is 42.5 Å². The number of anilines is 1. The summed E-state index contributed by atoms with van der Waals surface area (Å²) in [4.78, 5) is 12.2. The van der Waals surface area contributed by atoms with Gasteiger partial charge in [0.2, 0.25) is 5.60 Å². The molecule has 0 spiro atoms. The minimum atomic E-state index is -5.03. The van der Waals surface area contributed by atoms with Crippen molar-refractivity contribution in [2.24, 2.45) is 0 Å². The summed E-state index contributed by atoms with van der Waals surface area (Å²) in [5.41, 5.74) is -3.57. The summed E-state index contributed by atoms with van der Waals surface area (Å²) >= 11 is 0. The van der Waals surface area contributed by atoms with E-state index < -0.39 is 45.0 Å². The first kappa shape index (κ1) is 23.1. The normalized spacial score (nSPS) is 17.2. The van der Waals surface area contributed by atoms with Gasteiger partial charge in [-0.15, -0.1) is 0 Å². The van der Waals surface area contributed by atoms with Gasteiger partial charge in [0.15, 0.2) is 9.84 Å². The third-order valence-electron chi connectivity index (χ3n) is 5.39. The predicted molar refractivity (Wildman–Crippen MR) is 109 cm³/mol. The second kappa shape index (κ2) is 8.88. The summed E-state index contributed by atoms with van der Waals surface area (Å²) in [5.74, 6) is 0. The van der Waals surface area contributed by atoms with Crippen molar-refractivity contribution in [1.82, 2.24) is 5.32 Å². The summed E-state index contributed by atoms with van der Waals surface area (Å²) in [6.45, 7) is -1.12. The fourth-order valence-electron chi connectivity index (χ4n) is 3.61. The predicted octanol–water partition coefficient (Wildman–Crippen LogP) is 3.97. The van der Waals surface area contributed by atoms with Crippen LogP contribution >= 0.6 is 0 Å². The number of halogens is 3. The van der Waals surface area contributed by atoms with E-state index in [4.69, 9.17) is 0 Å². The van der Waals surface area contributed by atoms with E-state index in [-0.39, 0.29) is 10.6 Å². The summed E-state index contributed by atoms with van der Waals surface area (Å²) in [6, 6.07) is 11.0. The molecule has 0 aromatic heterocycles. The molecule has 0 saturated heterocycles. The van der Waals surface area contributed by atoms with E-state index in [0.29, 0.717) is 12.8 Å². The molecule has 3 rings (SSSR count). The van der Waals surface area contributed by atoms with Crippen LogP contribution in [0.5, 0.6) is 0 Å². The van der Waals surface area contributed by atoms with Gasteiger partial charge in [0.05, 0.1) is 16.7 Å². The molecule has 6 nitrogen and oxygen atoms in total. The Morgan fingerprint density at radius 3 is 2.29 bits per heavy atom. The summed E-state index contributed by atoms with van der Waals surface area (Å²) in [6.07, 6.45) is -2.19. The molecular formula is C21H23F3N2O4S. The highest BCUT2D eigenvalue weighted by atomic mass is 32.2. The summed E-state index contributed by atoms with van der Waals surface area (Å²) < 4.78 is 66.0. The van der Waals surface area contributed by atoms with Crippen molar-refractivity contribution < 1.29 is 31.5 Å². The lowest BCUT2D eigenvalue weighted by Gasteiger charge is -2.31. The number of nitrogens with one attached hydrogen (secondary N) is 2. The molecule has 2 aromatic carbocycles. The lowest BCUT2D eigenvalue weighted by Crippen LogP contribution is -2.51. The third kappa shape index (κ3) is 5.01. The number of carbonyl (C=O) groups is 1. The Morgan fingerprint density at radius 1 is 1.03 bits per heavy atom. The minimum Gasteiger partial charge on any atom is -0.375 e. The number of hydrogen-bond donors (Lipinski definition) is 3. The van der Waals surface area contributed by atoms with Gasteiger partial charge in [-0.05, 0) is 36.6 Å². The highest BCUT2D eigenvalue weighted by Gasteiger charge is 2.55. The van der Waals surface area contributed by atoms with Gasteiger partial charge < -0.3 is 15.7 Å². The molecule has 1 aliphatic rings. The van der Waals surface area contributed by atoms with Crippen LogP contribution in [-0.4, -0.2) is 37.5 Å². The number of aliphatic hydroxyl groups is 1. The van der Waals surface area contributed by atoms with Crippen molar-refractivity contribution in [2.45, 2.75) is 47.6 Å². The molecule has 0 unspecified atom stereocenters. The highest BCUT2D eigenvalue weighted by molar-refractivity contribution is 7.92. The van der Waals surface area contributed by atoms with Gasteiger partial charge >= 0.3 is 12.2 Å². The molecule has 1 saturated carbocycles. The van der Waals surface area contributed by atoms with Gasteiger partial charge in [0.25, 0.3) is 0 Å². The highest BCUT2D eigenvalue weighted by Crippen LogP contribution is 2.38. The zero-order valence-electron chi connectivity index (χ0n) is 16.5. The summed E-state index contributed by atoms with van der Waals surface area (Å²) in [7, 11) is -3.55.